The molecule has 0 saturated carbocycles. The van der Waals surface area contributed by atoms with E-state index in [1.54, 1.807) is 12.3 Å². The Labute approximate surface area is 140 Å². The lowest BCUT2D eigenvalue weighted by Gasteiger charge is -2.11. The number of urea groups is 1. The summed E-state index contributed by atoms with van der Waals surface area (Å²) in [5, 5.41) is 8.06. The molecule has 24 heavy (non-hydrogen) atoms. The highest BCUT2D eigenvalue weighted by molar-refractivity contribution is 5.88. The van der Waals surface area contributed by atoms with Crippen LogP contribution in [0.2, 0.25) is 0 Å². The van der Waals surface area contributed by atoms with Gasteiger partial charge in [-0.2, -0.15) is 0 Å². The molecule has 0 aliphatic rings. The highest BCUT2D eigenvalue weighted by Crippen LogP contribution is 2.22. The first kappa shape index (κ1) is 15.8. The van der Waals surface area contributed by atoms with Crippen molar-refractivity contribution in [1.29, 1.82) is 0 Å². The molecule has 3 aromatic rings. The van der Waals surface area contributed by atoms with Crippen molar-refractivity contribution in [2.45, 2.75) is 20.0 Å². The van der Waals surface area contributed by atoms with Crippen molar-refractivity contribution in [2.75, 3.05) is 5.73 Å². The van der Waals surface area contributed by atoms with E-state index in [0.29, 0.717) is 18.9 Å². The van der Waals surface area contributed by atoms with Gasteiger partial charge in [-0.15, -0.1) is 0 Å². The van der Waals surface area contributed by atoms with Gasteiger partial charge in [0.2, 0.25) is 0 Å². The minimum absolute atomic E-state index is 0.233. The second kappa shape index (κ2) is 7.00. The van der Waals surface area contributed by atoms with Gasteiger partial charge in [-0.1, -0.05) is 42.5 Å². The number of rotatable bonds is 4. The number of carbonyl (C=O) groups is 1. The highest BCUT2D eigenvalue weighted by atomic mass is 16.2. The summed E-state index contributed by atoms with van der Waals surface area (Å²) in [6.45, 7) is 2.90. The van der Waals surface area contributed by atoms with Crippen molar-refractivity contribution in [2.24, 2.45) is 0 Å². The van der Waals surface area contributed by atoms with E-state index in [1.807, 2.05) is 18.2 Å². The SMILES string of the molecule is Cc1ccc(CNC(=O)NCc2cccnc2N)c2ccccc12. The molecule has 0 spiro atoms. The number of hydrogen-bond donors (Lipinski definition) is 3. The van der Waals surface area contributed by atoms with Crippen LogP contribution in [0.3, 0.4) is 0 Å². The van der Waals surface area contributed by atoms with Crippen LogP contribution in [0.15, 0.2) is 54.7 Å². The Morgan fingerprint density at radius 1 is 0.958 bits per heavy atom. The molecule has 1 heterocycles. The predicted molar refractivity (Wildman–Crippen MR) is 96.4 cm³/mol. The summed E-state index contributed by atoms with van der Waals surface area (Å²) in [5.74, 6) is 0.433. The molecule has 5 nitrogen and oxygen atoms in total. The second-order valence-electron chi connectivity index (χ2n) is 5.67. The van der Waals surface area contributed by atoms with Crippen molar-refractivity contribution in [3.8, 4) is 0 Å². The van der Waals surface area contributed by atoms with Gasteiger partial charge in [0.15, 0.2) is 0 Å². The zero-order chi connectivity index (χ0) is 16.9. The number of aryl methyl sites for hydroxylation is 1. The van der Waals surface area contributed by atoms with Gasteiger partial charge in [-0.05, 0) is 34.9 Å². The number of amides is 2. The number of fused-ring (bicyclic) bond motifs is 1. The summed E-state index contributed by atoms with van der Waals surface area (Å²) in [6.07, 6.45) is 1.63. The summed E-state index contributed by atoms with van der Waals surface area (Å²) in [5.41, 5.74) is 8.88. The highest BCUT2D eigenvalue weighted by Gasteiger charge is 2.06. The Kier molecular flexibility index (Phi) is 4.61. The molecule has 0 atom stereocenters. The van der Waals surface area contributed by atoms with Gasteiger partial charge in [0.05, 0.1) is 0 Å². The maximum Gasteiger partial charge on any atom is 0.315 e. The van der Waals surface area contributed by atoms with Gasteiger partial charge in [0, 0.05) is 24.8 Å². The molecule has 5 heteroatoms. The molecule has 0 radical (unpaired) electrons. The van der Waals surface area contributed by atoms with E-state index < -0.39 is 0 Å². The number of nitrogens with two attached hydrogens (primary N) is 1. The quantitative estimate of drug-likeness (QED) is 0.691. The van der Waals surface area contributed by atoms with Gasteiger partial charge in [0.25, 0.3) is 0 Å². The molecular formula is C19H20N4O. The van der Waals surface area contributed by atoms with Crippen LogP contribution in [0.1, 0.15) is 16.7 Å². The number of nitrogen functional groups attached to an aromatic ring is 1. The summed E-state index contributed by atoms with van der Waals surface area (Å²) < 4.78 is 0. The van der Waals surface area contributed by atoms with E-state index >= 15 is 0 Å². The van der Waals surface area contributed by atoms with E-state index in [2.05, 4.69) is 46.8 Å². The Morgan fingerprint density at radius 2 is 1.67 bits per heavy atom. The summed E-state index contributed by atoms with van der Waals surface area (Å²) in [6, 6.07) is 15.7. The van der Waals surface area contributed by atoms with E-state index in [0.717, 1.165) is 16.5 Å². The van der Waals surface area contributed by atoms with Gasteiger partial charge in [-0.25, -0.2) is 9.78 Å². The molecule has 0 unspecified atom stereocenters. The van der Waals surface area contributed by atoms with Gasteiger partial charge in [-0.3, -0.25) is 0 Å². The van der Waals surface area contributed by atoms with Crippen LogP contribution in [-0.4, -0.2) is 11.0 Å². The number of aromatic nitrogens is 1. The number of carbonyl (C=O) groups excluding carboxylic acids is 1. The number of nitrogens with one attached hydrogen (secondary N) is 2. The molecule has 122 valence electrons. The third-order valence-corrected chi connectivity index (χ3v) is 4.04. The zero-order valence-corrected chi connectivity index (χ0v) is 13.5. The fourth-order valence-corrected chi connectivity index (χ4v) is 2.68. The normalized spacial score (nSPS) is 10.5. The van der Waals surface area contributed by atoms with E-state index in [-0.39, 0.29) is 6.03 Å². The standard InChI is InChI=1S/C19H20N4O/c1-13-8-9-14(17-7-3-2-6-16(13)17)11-22-19(24)23-12-15-5-4-10-21-18(15)20/h2-10H,11-12H2,1H3,(H2,20,21)(H2,22,23,24). The number of pyridine rings is 1. The molecule has 2 aromatic carbocycles. The fourth-order valence-electron chi connectivity index (χ4n) is 2.68. The van der Waals surface area contributed by atoms with Crippen molar-refractivity contribution in [3.05, 3.63) is 71.4 Å². The number of benzene rings is 2. The van der Waals surface area contributed by atoms with Crippen molar-refractivity contribution in [3.63, 3.8) is 0 Å². The molecule has 2 amide bonds. The van der Waals surface area contributed by atoms with Gasteiger partial charge < -0.3 is 16.4 Å². The number of anilines is 1. The molecule has 0 aliphatic heterocycles. The smallest absolute Gasteiger partial charge is 0.315 e. The lowest BCUT2D eigenvalue weighted by molar-refractivity contribution is 0.240. The molecule has 4 N–H and O–H groups in total. The Bertz CT molecular complexity index is 876. The first-order valence-electron chi connectivity index (χ1n) is 7.83. The number of hydrogen-bond acceptors (Lipinski definition) is 3. The molecule has 0 bridgehead atoms. The fraction of sp³-hybridized carbons (Fsp3) is 0.158. The van der Waals surface area contributed by atoms with Crippen LogP contribution in [-0.2, 0) is 13.1 Å². The van der Waals surface area contributed by atoms with E-state index in [1.165, 1.54) is 10.9 Å². The van der Waals surface area contributed by atoms with Crippen LogP contribution in [0.4, 0.5) is 10.6 Å². The largest absolute Gasteiger partial charge is 0.383 e. The Morgan fingerprint density at radius 3 is 2.42 bits per heavy atom. The maximum absolute atomic E-state index is 12.0. The first-order chi connectivity index (χ1) is 11.6. The van der Waals surface area contributed by atoms with Crippen molar-refractivity contribution < 1.29 is 4.79 Å². The molecule has 0 saturated heterocycles. The molecule has 0 fully saturated rings. The van der Waals surface area contributed by atoms with Crippen LogP contribution in [0.25, 0.3) is 10.8 Å². The van der Waals surface area contributed by atoms with Crippen molar-refractivity contribution in [1.82, 2.24) is 15.6 Å². The first-order valence-corrected chi connectivity index (χ1v) is 7.83. The lowest BCUT2D eigenvalue weighted by Crippen LogP contribution is -2.34. The predicted octanol–water partition coefficient (Wildman–Crippen LogP) is 3.12. The second-order valence-corrected chi connectivity index (χ2v) is 5.67. The minimum Gasteiger partial charge on any atom is -0.383 e. The Balaban J connectivity index is 1.63. The van der Waals surface area contributed by atoms with Gasteiger partial charge >= 0.3 is 6.03 Å². The zero-order valence-electron chi connectivity index (χ0n) is 13.5. The summed E-state index contributed by atoms with van der Waals surface area (Å²) >= 11 is 0. The summed E-state index contributed by atoms with van der Waals surface area (Å²) in [7, 11) is 0. The van der Waals surface area contributed by atoms with Crippen LogP contribution in [0, 0.1) is 6.92 Å². The topological polar surface area (TPSA) is 80.0 Å². The van der Waals surface area contributed by atoms with E-state index in [4.69, 9.17) is 5.73 Å². The maximum atomic E-state index is 12.0. The van der Waals surface area contributed by atoms with Crippen LogP contribution in [0.5, 0.6) is 0 Å². The number of nitrogens with zero attached hydrogens (tertiary/aromatic N) is 1. The molecule has 1 aromatic heterocycles. The van der Waals surface area contributed by atoms with Crippen LogP contribution < -0.4 is 16.4 Å². The average Bonchev–Trinajstić information content (AvgIpc) is 2.61. The molecule has 3 rings (SSSR count). The van der Waals surface area contributed by atoms with Crippen LogP contribution >= 0.6 is 0 Å². The average molecular weight is 320 g/mol. The van der Waals surface area contributed by atoms with E-state index in [9.17, 15) is 4.79 Å². The minimum atomic E-state index is -0.233. The third kappa shape index (κ3) is 3.46. The van der Waals surface area contributed by atoms with Gasteiger partial charge in [0.1, 0.15) is 5.82 Å². The van der Waals surface area contributed by atoms with Crippen molar-refractivity contribution >= 4 is 22.6 Å². The third-order valence-electron chi connectivity index (χ3n) is 4.04. The summed E-state index contributed by atoms with van der Waals surface area (Å²) in [4.78, 5) is 16.0. The lowest BCUT2D eigenvalue weighted by atomic mass is 10.0. The molecule has 0 aliphatic carbocycles. The monoisotopic (exact) mass is 320 g/mol. The molecular weight excluding hydrogens is 300 g/mol. The Hall–Kier alpha value is -3.08.